The van der Waals surface area contributed by atoms with Crippen LogP contribution in [-0.2, 0) is 11.2 Å². The summed E-state index contributed by atoms with van der Waals surface area (Å²) in [6.45, 7) is 9.80. The van der Waals surface area contributed by atoms with E-state index in [2.05, 4.69) is 24.4 Å². The lowest BCUT2D eigenvalue weighted by molar-refractivity contribution is -0.122. The summed E-state index contributed by atoms with van der Waals surface area (Å²) in [4.78, 5) is 13.9. The van der Waals surface area contributed by atoms with Gasteiger partial charge in [-0.05, 0) is 44.9 Å². The van der Waals surface area contributed by atoms with E-state index in [0.717, 1.165) is 13.0 Å². The number of carbonyl (C=O) groups excluding carboxylic acids is 1. The molecule has 4 heteroatoms. The minimum atomic E-state index is -0.780. The smallest absolute Gasteiger partial charge is 0.234 e. The van der Waals surface area contributed by atoms with E-state index in [1.165, 1.54) is 11.1 Å². The summed E-state index contributed by atoms with van der Waals surface area (Å²) in [5, 5.41) is 12.8. The Bertz CT molecular complexity index is 452. The minimum absolute atomic E-state index is 0.00897. The number of likely N-dealkylation sites (N-methyl/N-ethyl adjacent to an activating group) is 1. The van der Waals surface area contributed by atoms with Crippen LogP contribution in [0.15, 0.2) is 24.3 Å². The highest BCUT2D eigenvalue weighted by Crippen LogP contribution is 2.07. The molecule has 0 spiro atoms. The van der Waals surface area contributed by atoms with Gasteiger partial charge in [0.2, 0.25) is 5.91 Å². The molecule has 1 aromatic rings. The van der Waals surface area contributed by atoms with Crippen LogP contribution in [0.5, 0.6) is 0 Å². The van der Waals surface area contributed by atoms with Crippen LogP contribution in [0.2, 0.25) is 0 Å². The SMILES string of the molecule is CCN(CC(=O)NCCc1ccccc1C)CC(C)(C)O. The Morgan fingerprint density at radius 1 is 1.33 bits per heavy atom. The molecule has 0 aliphatic heterocycles. The van der Waals surface area contributed by atoms with Crippen LogP contribution in [-0.4, -0.2) is 47.7 Å². The molecule has 0 heterocycles. The maximum absolute atomic E-state index is 11.9. The normalized spacial score (nSPS) is 11.7. The number of aryl methyl sites for hydroxylation is 1. The molecule has 1 rings (SSSR count). The van der Waals surface area contributed by atoms with Crippen LogP contribution >= 0.6 is 0 Å². The number of hydrogen-bond donors (Lipinski definition) is 2. The first-order valence-electron chi connectivity index (χ1n) is 7.58. The van der Waals surface area contributed by atoms with E-state index in [1.54, 1.807) is 13.8 Å². The van der Waals surface area contributed by atoms with Gasteiger partial charge in [0.25, 0.3) is 0 Å². The van der Waals surface area contributed by atoms with Crippen LogP contribution in [0.3, 0.4) is 0 Å². The predicted molar refractivity (Wildman–Crippen MR) is 86.3 cm³/mol. The lowest BCUT2D eigenvalue weighted by Gasteiger charge is -2.27. The number of aliphatic hydroxyl groups is 1. The van der Waals surface area contributed by atoms with Crippen molar-refractivity contribution < 1.29 is 9.90 Å². The first-order chi connectivity index (χ1) is 9.81. The van der Waals surface area contributed by atoms with Crippen molar-refractivity contribution in [3.63, 3.8) is 0 Å². The van der Waals surface area contributed by atoms with Gasteiger partial charge in [0, 0.05) is 13.1 Å². The Morgan fingerprint density at radius 2 is 2.00 bits per heavy atom. The van der Waals surface area contributed by atoms with E-state index in [1.807, 2.05) is 24.0 Å². The van der Waals surface area contributed by atoms with Gasteiger partial charge < -0.3 is 10.4 Å². The Kier molecular flexibility index (Phi) is 6.85. The number of nitrogens with zero attached hydrogens (tertiary/aromatic N) is 1. The quantitative estimate of drug-likeness (QED) is 0.767. The van der Waals surface area contributed by atoms with Crippen molar-refractivity contribution in [3.05, 3.63) is 35.4 Å². The van der Waals surface area contributed by atoms with Crippen molar-refractivity contribution in [1.29, 1.82) is 0 Å². The Hall–Kier alpha value is -1.39. The van der Waals surface area contributed by atoms with Crippen molar-refractivity contribution in [3.8, 4) is 0 Å². The summed E-state index contributed by atoms with van der Waals surface area (Å²) in [5.41, 5.74) is 1.74. The van der Waals surface area contributed by atoms with Gasteiger partial charge in [-0.15, -0.1) is 0 Å². The number of hydrogen-bond acceptors (Lipinski definition) is 3. The number of benzene rings is 1. The number of carbonyl (C=O) groups is 1. The second-order valence-electron chi connectivity index (χ2n) is 6.14. The summed E-state index contributed by atoms with van der Waals surface area (Å²) in [5.74, 6) is 0.00897. The molecular weight excluding hydrogens is 264 g/mol. The van der Waals surface area contributed by atoms with E-state index in [0.29, 0.717) is 19.6 Å². The largest absolute Gasteiger partial charge is 0.389 e. The van der Waals surface area contributed by atoms with Crippen molar-refractivity contribution in [2.75, 3.05) is 26.2 Å². The van der Waals surface area contributed by atoms with Crippen LogP contribution in [0, 0.1) is 6.92 Å². The molecular formula is C17H28N2O2. The molecule has 2 N–H and O–H groups in total. The van der Waals surface area contributed by atoms with Gasteiger partial charge in [0.15, 0.2) is 0 Å². The van der Waals surface area contributed by atoms with Crippen molar-refractivity contribution in [2.45, 2.75) is 39.7 Å². The van der Waals surface area contributed by atoms with Gasteiger partial charge in [0.1, 0.15) is 0 Å². The zero-order valence-electron chi connectivity index (χ0n) is 13.6. The van der Waals surface area contributed by atoms with E-state index >= 15 is 0 Å². The molecule has 118 valence electrons. The van der Waals surface area contributed by atoms with Crippen LogP contribution < -0.4 is 5.32 Å². The summed E-state index contributed by atoms with van der Waals surface area (Å²) in [6, 6.07) is 8.22. The molecule has 0 radical (unpaired) electrons. The van der Waals surface area contributed by atoms with Gasteiger partial charge in [-0.1, -0.05) is 31.2 Å². The zero-order chi connectivity index (χ0) is 15.9. The molecule has 1 amide bonds. The third-order valence-corrected chi connectivity index (χ3v) is 3.40. The maximum atomic E-state index is 11.9. The molecule has 0 fully saturated rings. The standard InChI is InChI=1S/C17H28N2O2/c1-5-19(13-17(3,4)21)12-16(20)18-11-10-15-9-7-6-8-14(15)2/h6-9,21H,5,10-13H2,1-4H3,(H,18,20). The molecule has 0 bridgehead atoms. The van der Waals surface area contributed by atoms with Gasteiger partial charge in [-0.2, -0.15) is 0 Å². The number of nitrogens with one attached hydrogen (secondary N) is 1. The molecule has 0 saturated carbocycles. The predicted octanol–water partition coefficient (Wildman–Crippen LogP) is 1.75. The van der Waals surface area contributed by atoms with Gasteiger partial charge in [-0.25, -0.2) is 0 Å². The summed E-state index contributed by atoms with van der Waals surface area (Å²) in [6.07, 6.45) is 0.843. The van der Waals surface area contributed by atoms with Crippen molar-refractivity contribution >= 4 is 5.91 Å². The second kappa shape index (κ2) is 8.15. The molecule has 0 aliphatic carbocycles. The molecule has 0 unspecified atom stereocenters. The second-order valence-corrected chi connectivity index (χ2v) is 6.14. The van der Waals surface area contributed by atoms with Crippen LogP contribution in [0.1, 0.15) is 31.9 Å². The molecule has 0 saturated heterocycles. The lowest BCUT2D eigenvalue weighted by atomic mass is 10.1. The highest BCUT2D eigenvalue weighted by atomic mass is 16.3. The molecule has 0 atom stereocenters. The van der Waals surface area contributed by atoms with Crippen molar-refractivity contribution in [2.24, 2.45) is 0 Å². The molecule has 0 aromatic heterocycles. The van der Waals surface area contributed by atoms with Crippen LogP contribution in [0.4, 0.5) is 0 Å². The lowest BCUT2D eigenvalue weighted by Crippen LogP contribution is -2.44. The molecule has 1 aromatic carbocycles. The molecule has 21 heavy (non-hydrogen) atoms. The van der Waals surface area contributed by atoms with Gasteiger partial charge in [-0.3, -0.25) is 9.69 Å². The third-order valence-electron chi connectivity index (χ3n) is 3.40. The molecule has 4 nitrogen and oxygen atoms in total. The first-order valence-corrected chi connectivity index (χ1v) is 7.58. The fourth-order valence-corrected chi connectivity index (χ4v) is 2.31. The number of rotatable bonds is 8. The summed E-state index contributed by atoms with van der Waals surface area (Å²) < 4.78 is 0. The fraction of sp³-hybridized carbons (Fsp3) is 0.588. The van der Waals surface area contributed by atoms with Gasteiger partial charge >= 0.3 is 0 Å². The topological polar surface area (TPSA) is 52.6 Å². The van der Waals surface area contributed by atoms with Gasteiger partial charge in [0.05, 0.1) is 12.1 Å². The fourth-order valence-electron chi connectivity index (χ4n) is 2.31. The first kappa shape index (κ1) is 17.7. The third kappa shape index (κ3) is 7.25. The van der Waals surface area contributed by atoms with E-state index in [9.17, 15) is 9.90 Å². The summed E-state index contributed by atoms with van der Waals surface area (Å²) in [7, 11) is 0. The maximum Gasteiger partial charge on any atom is 0.234 e. The Morgan fingerprint density at radius 3 is 2.57 bits per heavy atom. The minimum Gasteiger partial charge on any atom is -0.389 e. The molecule has 0 aliphatic rings. The highest BCUT2D eigenvalue weighted by Gasteiger charge is 2.18. The Labute approximate surface area is 128 Å². The van der Waals surface area contributed by atoms with E-state index in [-0.39, 0.29) is 5.91 Å². The summed E-state index contributed by atoms with van der Waals surface area (Å²) >= 11 is 0. The average Bonchev–Trinajstić information content (AvgIpc) is 2.38. The number of amides is 1. The average molecular weight is 292 g/mol. The van der Waals surface area contributed by atoms with E-state index < -0.39 is 5.60 Å². The Balaban J connectivity index is 2.35. The highest BCUT2D eigenvalue weighted by molar-refractivity contribution is 5.78. The monoisotopic (exact) mass is 292 g/mol. The van der Waals surface area contributed by atoms with Crippen molar-refractivity contribution in [1.82, 2.24) is 10.2 Å². The zero-order valence-corrected chi connectivity index (χ0v) is 13.6. The van der Waals surface area contributed by atoms with E-state index in [4.69, 9.17) is 0 Å². The van der Waals surface area contributed by atoms with Crippen LogP contribution in [0.25, 0.3) is 0 Å².